The van der Waals surface area contributed by atoms with Crippen molar-refractivity contribution in [2.45, 2.75) is 52.5 Å². The summed E-state index contributed by atoms with van der Waals surface area (Å²) < 4.78 is 25.0. The minimum absolute atomic E-state index is 0.151. The van der Waals surface area contributed by atoms with Crippen molar-refractivity contribution in [1.82, 2.24) is 4.72 Å². The largest absolute Gasteiger partial charge is 0.213 e. The zero-order chi connectivity index (χ0) is 11.7. The molecule has 1 aliphatic rings. The molecule has 2 atom stereocenters. The van der Waals surface area contributed by atoms with Crippen LogP contribution in [0.5, 0.6) is 0 Å². The van der Waals surface area contributed by atoms with E-state index >= 15 is 0 Å². The predicted octanol–water partition coefficient (Wildman–Crippen LogP) is 2.14. The summed E-state index contributed by atoms with van der Waals surface area (Å²) in [6, 6.07) is 0.151. The van der Waals surface area contributed by atoms with Crippen LogP contribution in [0.25, 0.3) is 0 Å². The normalized spacial score (nSPS) is 29.1. The highest BCUT2D eigenvalue weighted by Gasteiger charge is 2.31. The topological polar surface area (TPSA) is 46.2 Å². The third kappa shape index (κ3) is 4.51. The van der Waals surface area contributed by atoms with Crippen molar-refractivity contribution in [1.29, 1.82) is 0 Å². The molecule has 4 heteroatoms. The molecule has 0 heterocycles. The number of nitrogens with one attached hydrogen (secondary N) is 1. The second kappa shape index (κ2) is 4.42. The number of sulfonamides is 1. The van der Waals surface area contributed by atoms with Crippen molar-refractivity contribution in [3.63, 3.8) is 0 Å². The molecule has 90 valence electrons. The van der Waals surface area contributed by atoms with Crippen LogP contribution in [0.2, 0.25) is 0 Å². The predicted molar refractivity (Wildman–Crippen MR) is 63.2 cm³/mol. The highest BCUT2D eigenvalue weighted by molar-refractivity contribution is 7.88. The van der Waals surface area contributed by atoms with E-state index in [0.29, 0.717) is 5.92 Å². The Labute approximate surface area is 93.7 Å². The molecule has 15 heavy (non-hydrogen) atoms. The minimum Gasteiger partial charge on any atom is -0.213 e. The molecular formula is C11H23NO2S. The fraction of sp³-hybridized carbons (Fsp3) is 1.00. The zero-order valence-corrected chi connectivity index (χ0v) is 11.0. The van der Waals surface area contributed by atoms with E-state index in [9.17, 15) is 8.42 Å². The summed E-state index contributed by atoms with van der Waals surface area (Å²) in [5.74, 6) is 0.630. The maximum Gasteiger partial charge on any atom is 0.208 e. The molecule has 0 aromatic rings. The van der Waals surface area contributed by atoms with Crippen LogP contribution in [-0.4, -0.2) is 20.7 Å². The lowest BCUT2D eigenvalue weighted by Gasteiger charge is -2.37. The van der Waals surface area contributed by atoms with E-state index in [0.717, 1.165) is 19.3 Å². The standard InChI is InChI=1S/C11H23NO2S/c1-11(2,3)9-6-5-7-10(8-9)12-15(4,13)14/h9-10,12H,5-8H2,1-4H3/t9-,10-/m1/s1. The summed E-state index contributed by atoms with van der Waals surface area (Å²) >= 11 is 0. The number of hydrogen-bond acceptors (Lipinski definition) is 2. The van der Waals surface area contributed by atoms with Crippen molar-refractivity contribution >= 4 is 10.0 Å². The minimum atomic E-state index is -3.04. The lowest BCUT2D eigenvalue weighted by Crippen LogP contribution is -2.40. The first kappa shape index (κ1) is 13.0. The van der Waals surface area contributed by atoms with Crippen molar-refractivity contribution in [3.05, 3.63) is 0 Å². The van der Waals surface area contributed by atoms with Gasteiger partial charge in [0.25, 0.3) is 0 Å². The van der Waals surface area contributed by atoms with Crippen LogP contribution >= 0.6 is 0 Å². The Hall–Kier alpha value is -0.0900. The van der Waals surface area contributed by atoms with Gasteiger partial charge in [-0.3, -0.25) is 0 Å². The van der Waals surface area contributed by atoms with Crippen molar-refractivity contribution in [3.8, 4) is 0 Å². The Bertz CT molecular complexity index is 303. The Balaban J connectivity index is 2.57. The van der Waals surface area contributed by atoms with Crippen LogP contribution in [0, 0.1) is 11.3 Å². The van der Waals surface area contributed by atoms with Crippen molar-refractivity contribution < 1.29 is 8.42 Å². The summed E-state index contributed by atoms with van der Waals surface area (Å²) in [6.45, 7) is 6.71. The van der Waals surface area contributed by atoms with Gasteiger partial charge in [-0.15, -0.1) is 0 Å². The Morgan fingerprint density at radius 2 is 1.80 bits per heavy atom. The van der Waals surface area contributed by atoms with Gasteiger partial charge in [0.2, 0.25) is 10.0 Å². The second-order valence-corrected chi connectivity index (χ2v) is 7.60. The Morgan fingerprint density at radius 3 is 2.27 bits per heavy atom. The molecule has 0 amide bonds. The molecule has 0 bridgehead atoms. The molecular weight excluding hydrogens is 210 g/mol. The first-order valence-electron chi connectivity index (χ1n) is 5.66. The molecule has 1 rings (SSSR count). The molecule has 1 aliphatic carbocycles. The molecule has 0 aromatic carbocycles. The molecule has 1 N–H and O–H groups in total. The molecule has 0 aromatic heterocycles. The monoisotopic (exact) mass is 233 g/mol. The third-order valence-corrected chi connectivity index (χ3v) is 4.04. The lowest BCUT2D eigenvalue weighted by atomic mass is 9.71. The average Bonchev–Trinajstić information content (AvgIpc) is 1.99. The summed E-state index contributed by atoms with van der Waals surface area (Å²) in [4.78, 5) is 0. The Kier molecular flexibility index (Phi) is 3.82. The smallest absolute Gasteiger partial charge is 0.208 e. The van der Waals surface area contributed by atoms with Crippen LogP contribution in [0.15, 0.2) is 0 Å². The van der Waals surface area contributed by atoms with E-state index in [1.807, 2.05) is 0 Å². The van der Waals surface area contributed by atoms with Gasteiger partial charge in [-0.05, 0) is 30.6 Å². The summed E-state index contributed by atoms with van der Waals surface area (Å²) in [5.41, 5.74) is 0.290. The summed E-state index contributed by atoms with van der Waals surface area (Å²) in [7, 11) is -3.04. The lowest BCUT2D eigenvalue weighted by molar-refractivity contribution is 0.162. The quantitative estimate of drug-likeness (QED) is 0.794. The van der Waals surface area contributed by atoms with Gasteiger partial charge in [-0.1, -0.05) is 27.2 Å². The van der Waals surface area contributed by atoms with E-state index in [1.165, 1.54) is 12.7 Å². The van der Waals surface area contributed by atoms with Gasteiger partial charge in [0.05, 0.1) is 6.26 Å². The van der Waals surface area contributed by atoms with E-state index < -0.39 is 10.0 Å². The molecule has 1 fully saturated rings. The summed E-state index contributed by atoms with van der Waals surface area (Å²) in [5, 5.41) is 0. The van der Waals surface area contributed by atoms with Gasteiger partial charge >= 0.3 is 0 Å². The van der Waals surface area contributed by atoms with E-state index in [-0.39, 0.29) is 11.5 Å². The SMILES string of the molecule is CC(C)(C)[C@@H]1CCC[C@@H](NS(C)(=O)=O)C1. The average molecular weight is 233 g/mol. The third-order valence-electron chi connectivity index (χ3n) is 3.28. The molecule has 3 nitrogen and oxygen atoms in total. The fourth-order valence-corrected chi connectivity index (χ4v) is 3.21. The molecule has 0 unspecified atom stereocenters. The highest BCUT2D eigenvalue weighted by atomic mass is 32.2. The van der Waals surface area contributed by atoms with Gasteiger partial charge in [0, 0.05) is 6.04 Å². The van der Waals surface area contributed by atoms with E-state index in [1.54, 1.807) is 0 Å². The Morgan fingerprint density at radius 1 is 1.20 bits per heavy atom. The zero-order valence-electron chi connectivity index (χ0n) is 10.2. The van der Waals surface area contributed by atoms with Gasteiger partial charge in [-0.2, -0.15) is 0 Å². The first-order valence-corrected chi connectivity index (χ1v) is 7.55. The number of hydrogen-bond donors (Lipinski definition) is 1. The fourth-order valence-electron chi connectivity index (χ4n) is 2.39. The van der Waals surface area contributed by atoms with Gasteiger partial charge in [-0.25, -0.2) is 13.1 Å². The molecule has 0 saturated heterocycles. The molecule has 0 aliphatic heterocycles. The van der Waals surface area contributed by atoms with Gasteiger partial charge in [0.15, 0.2) is 0 Å². The maximum atomic E-state index is 11.1. The first-order chi connectivity index (χ1) is 6.68. The van der Waals surface area contributed by atoms with Gasteiger partial charge in [0.1, 0.15) is 0 Å². The summed E-state index contributed by atoms with van der Waals surface area (Å²) in [6.07, 6.45) is 5.57. The molecule has 1 saturated carbocycles. The second-order valence-electron chi connectivity index (χ2n) is 5.82. The highest BCUT2D eigenvalue weighted by Crippen LogP contribution is 2.37. The van der Waals surface area contributed by atoms with Crippen LogP contribution in [0.4, 0.5) is 0 Å². The number of rotatable bonds is 2. The molecule has 0 spiro atoms. The van der Waals surface area contributed by atoms with Gasteiger partial charge < -0.3 is 0 Å². The van der Waals surface area contributed by atoms with E-state index in [4.69, 9.17) is 0 Å². The van der Waals surface area contributed by atoms with Crippen molar-refractivity contribution in [2.24, 2.45) is 11.3 Å². The van der Waals surface area contributed by atoms with Crippen molar-refractivity contribution in [2.75, 3.05) is 6.26 Å². The molecule has 0 radical (unpaired) electrons. The van der Waals surface area contributed by atoms with Crippen LogP contribution in [0.1, 0.15) is 46.5 Å². The van der Waals surface area contributed by atoms with E-state index in [2.05, 4.69) is 25.5 Å². The van der Waals surface area contributed by atoms with Crippen LogP contribution in [0.3, 0.4) is 0 Å². The van der Waals surface area contributed by atoms with Crippen LogP contribution < -0.4 is 4.72 Å². The maximum absolute atomic E-state index is 11.1. The van der Waals surface area contributed by atoms with Crippen LogP contribution in [-0.2, 0) is 10.0 Å².